The van der Waals surface area contributed by atoms with E-state index in [0.717, 1.165) is 16.4 Å². The molecule has 110 valence electrons. The van der Waals surface area contributed by atoms with Gasteiger partial charge in [0, 0.05) is 21.3 Å². The Morgan fingerprint density at radius 3 is 2.57 bits per heavy atom. The Morgan fingerprint density at radius 2 is 1.86 bits per heavy atom. The van der Waals surface area contributed by atoms with Gasteiger partial charge in [0.15, 0.2) is 0 Å². The van der Waals surface area contributed by atoms with Crippen LogP contribution in [0, 0.1) is 5.82 Å². The summed E-state index contributed by atoms with van der Waals surface area (Å²) in [5.74, 6) is 0.228. The topological polar surface area (TPSA) is 37.3 Å². The molecule has 21 heavy (non-hydrogen) atoms. The van der Waals surface area contributed by atoms with Gasteiger partial charge < -0.3 is 5.11 Å². The molecule has 0 radical (unpaired) electrons. The monoisotopic (exact) mass is 342 g/mol. The fourth-order valence-corrected chi connectivity index (χ4v) is 3.70. The lowest BCUT2D eigenvalue weighted by molar-refractivity contribution is 0.0697. The molecule has 0 heterocycles. The molecule has 0 aromatic heterocycles. The number of hydrogen-bond donors (Lipinski definition) is 1. The van der Waals surface area contributed by atoms with Gasteiger partial charge in [0.05, 0.1) is 10.6 Å². The predicted octanol–water partition coefficient (Wildman–Crippen LogP) is 5.06. The van der Waals surface area contributed by atoms with E-state index in [4.69, 9.17) is 16.7 Å². The Morgan fingerprint density at radius 1 is 1.14 bits per heavy atom. The van der Waals surface area contributed by atoms with E-state index in [1.165, 1.54) is 29.6 Å². The number of benzene rings is 2. The van der Waals surface area contributed by atoms with Crippen molar-refractivity contribution in [1.82, 2.24) is 0 Å². The van der Waals surface area contributed by atoms with Gasteiger partial charge in [-0.15, -0.1) is 23.5 Å². The van der Waals surface area contributed by atoms with Crippen LogP contribution in [0.5, 0.6) is 0 Å². The van der Waals surface area contributed by atoms with Crippen molar-refractivity contribution in [3.05, 3.63) is 58.9 Å². The average Bonchev–Trinajstić information content (AvgIpc) is 2.46. The Kier molecular flexibility index (Phi) is 5.96. The minimum atomic E-state index is -1.04. The van der Waals surface area contributed by atoms with Crippen LogP contribution in [0.2, 0.25) is 5.02 Å². The van der Waals surface area contributed by atoms with Crippen LogP contribution >= 0.6 is 35.1 Å². The van der Waals surface area contributed by atoms with Gasteiger partial charge in [-0.1, -0.05) is 23.7 Å². The van der Waals surface area contributed by atoms with Crippen molar-refractivity contribution >= 4 is 41.1 Å². The average molecular weight is 343 g/mol. The molecular formula is C15H12ClFO2S2. The van der Waals surface area contributed by atoms with Crippen LogP contribution < -0.4 is 0 Å². The van der Waals surface area contributed by atoms with Crippen LogP contribution in [-0.4, -0.2) is 22.6 Å². The molecule has 6 heteroatoms. The first-order valence-corrected chi connectivity index (χ1v) is 8.46. The maximum atomic E-state index is 13.4. The normalized spacial score (nSPS) is 10.6. The summed E-state index contributed by atoms with van der Waals surface area (Å²) in [5.41, 5.74) is 0.100. The highest BCUT2D eigenvalue weighted by Crippen LogP contribution is 2.27. The molecule has 0 unspecified atom stereocenters. The molecule has 1 N–H and O–H groups in total. The third-order valence-corrected chi connectivity index (χ3v) is 5.25. The van der Waals surface area contributed by atoms with E-state index in [-0.39, 0.29) is 16.4 Å². The molecule has 0 amide bonds. The lowest BCUT2D eigenvalue weighted by atomic mass is 10.2. The standard InChI is InChI=1S/C15H12ClFO2S2/c16-12-6-5-10(9-11(12)15(18)19)20-7-8-21-14-4-2-1-3-13(14)17/h1-6,9H,7-8H2,(H,18,19). The van der Waals surface area contributed by atoms with Crippen molar-refractivity contribution in [3.8, 4) is 0 Å². The zero-order valence-electron chi connectivity index (χ0n) is 10.9. The van der Waals surface area contributed by atoms with E-state index in [1.807, 2.05) is 0 Å². The van der Waals surface area contributed by atoms with Crippen LogP contribution in [0.25, 0.3) is 0 Å². The molecule has 0 fully saturated rings. The maximum Gasteiger partial charge on any atom is 0.337 e. The fourth-order valence-electron chi connectivity index (χ4n) is 1.63. The van der Waals surface area contributed by atoms with E-state index in [9.17, 15) is 9.18 Å². The first-order chi connectivity index (χ1) is 10.1. The molecule has 0 atom stereocenters. The number of halogens is 2. The van der Waals surface area contributed by atoms with E-state index in [0.29, 0.717) is 4.90 Å². The van der Waals surface area contributed by atoms with Gasteiger partial charge >= 0.3 is 5.97 Å². The maximum absolute atomic E-state index is 13.4. The molecule has 2 aromatic carbocycles. The Hall–Kier alpha value is -1.17. The van der Waals surface area contributed by atoms with Crippen molar-refractivity contribution in [1.29, 1.82) is 0 Å². The van der Waals surface area contributed by atoms with Gasteiger partial charge in [0.1, 0.15) is 5.82 Å². The lowest BCUT2D eigenvalue weighted by Gasteiger charge is -2.05. The SMILES string of the molecule is O=C(O)c1cc(SCCSc2ccccc2F)ccc1Cl. The van der Waals surface area contributed by atoms with Gasteiger partial charge in [-0.2, -0.15) is 0 Å². The minimum Gasteiger partial charge on any atom is -0.478 e. The molecule has 0 saturated carbocycles. The van der Waals surface area contributed by atoms with Gasteiger partial charge in [-0.25, -0.2) is 9.18 Å². The third-order valence-electron chi connectivity index (χ3n) is 2.61. The Labute approximate surface area is 135 Å². The summed E-state index contributed by atoms with van der Waals surface area (Å²) in [6.45, 7) is 0. The second kappa shape index (κ2) is 7.73. The quantitative estimate of drug-likeness (QED) is 0.588. The second-order valence-electron chi connectivity index (χ2n) is 4.07. The summed E-state index contributed by atoms with van der Waals surface area (Å²) >= 11 is 8.78. The highest BCUT2D eigenvalue weighted by molar-refractivity contribution is 8.03. The number of hydrogen-bond acceptors (Lipinski definition) is 3. The molecule has 0 aliphatic heterocycles. The summed E-state index contributed by atoms with van der Waals surface area (Å²) in [5, 5.41) is 9.23. The van der Waals surface area contributed by atoms with Crippen LogP contribution in [0.15, 0.2) is 52.3 Å². The van der Waals surface area contributed by atoms with Gasteiger partial charge in [-0.3, -0.25) is 0 Å². The minimum absolute atomic E-state index is 0.100. The Bertz CT molecular complexity index is 649. The van der Waals surface area contributed by atoms with Crippen LogP contribution in [0.4, 0.5) is 4.39 Å². The molecule has 2 aromatic rings. The molecular weight excluding hydrogens is 331 g/mol. The number of carboxylic acid groups (broad SMARTS) is 1. The van der Waals surface area contributed by atoms with Crippen molar-refractivity contribution in [2.24, 2.45) is 0 Å². The van der Waals surface area contributed by atoms with Crippen LogP contribution in [-0.2, 0) is 0 Å². The lowest BCUT2D eigenvalue weighted by Crippen LogP contribution is -1.97. The van der Waals surface area contributed by atoms with Crippen LogP contribution in [0.3, 0.4) is 0 Å². The summed E-state index contributed by atoms with van der Waals surface area (Å²) < 4.78 is 13.4. The molecule has 0 bridgehead atoms. The fraction of sp³-hybridized carbons (Fsp3) is 0.133. The van der Waals surface area contributed by atoms with Gasteiger partial charge in [-0.05, 0) is 30.3 Å². The summed E-state index contributed by atoms with van der Waals surface area (Å²) in [7, 11) is 0. The zero-order chi connectivity index (χ0) is 15.2. The Balaban J connectivity index is 1.88. The molecule has 0 aliphatic carbocycles. The molecule has 0 saturated heterocycles. The number of thioether (sulfide) groups is 2. The summed E-state index contributed by atoms with van der Waals surface area (Å²) in [6, 6.07) is 11.6. The highest BCUT2D eigenvalue weighted by Gasteiger charge is 2.09. The van der Waals surface area contributed by atoms with Crippen molar-refractivity contribution in [2.75, 3.05) is 11.5 Å². The largest absolute Gasteiger partial charge is 0.478 e. The van der Waals surface area contributed by atoms with E-state index >= 15 is 0 Å². The van der Waals surface area contributed by atoms with Gasteiger partial charge in [0.25, 0.3) is 0 Å². The number of rotatable bonds is 6. The van der Waals surface area contributed by atoms with Crippen molar-refractivity contribution in [2.45, 2.75) is 9.79 Å². The van der Waals surface area contributed by atoms with Crippen molar-refractivity contribution < 1.29 is 14.3 Å². The molecule has 2 nitrogen and oxygen atoms in total. The van der Waals surface area contributed by atoms with Crippen molar-refractivity contribution in [3.63, 3.8) is 0 Å². The van der Waals surface area contributed by atoms with E-state index in [1.54, 1.807) is 36.4 Å². The predicted molar refractivity (Wildman–Crippen MR) is 86.3 cm³/mol. The first kappa shape index (κ1) is 16.2. The van der Waals surface area contributed by atoms with E-state index in [2.05, 4.69) is 0 Å². The van der Waals surface area contributed by atoms with Gasteiger partial charge in [0.2, 0.25) is 0 Å². The van der Waals surface area contributed by atoms with Crippen LogP contribution in [0.1, 0.15) is 10.4 Å². The zero-order valence-corrected chi connectivity index (χ0v) is 13.3. The molecule has 2 rings (SSSR count). The summed E-state index contributed by atoms with van der Waals surface area (Å²) in [6.07, 6.45) is 0. The number of carbonyl (C=O) groups is 1. The third kappa shape index (κ3) is 4.66. The molecule has 0 spiro atoms. The smallest absolute Gasteiger partial charge is 0.337 e. The second-order valence-corrected chi connectivity index (χ2v) is 6.79. The van der Waals surface area contributed by atoms with E-state index < -0.39 is 5.97 Å². The number of carboxylic acids is 1. The highest BCUT2D eigenvalue weighted by atomic mass is 35.5. The first-order valence-electron chi connectivity index (χ1n) is 6.11. The molecule has 0 aliphatic rings. The summed E-state index contributed by atoms with van der Waals surface area (Å²) in [4.78, 5) is 12.5. The number of aromatic carboxylic acids is 1.